The molecule has 1 N–H and O–H groups in total. The molecule has 2 amide bonds. The van der Waals surface area contributed by atoms with Crippen molar-refractivity contribution in [3.8, 4) is 0 Å². The zero-order valence-corrected chi connectivity index (χ0v) is 14.8. The molecule has 1 aromatic carbocycles. The third-order valence-electron chi connectivity index (χ3n) is 4.36. The topological polar surface area (TPSA) is 52.7 Å². The fourth-order valence-electron chi connectivity index (χ4n) is 2.78. The quantitative estimate of drug-likeness (QED) is 0.830. The molecule has 0 spiro atoms. The Labute approximate surface area is 145 Å². The number of nitrogens with zero attached hydrogens (tertiary/aromatic N) is 2. The molecule has 1 aromatic rings. The molecule has 1 aliphatic rings. The summed E-state index contributed by atoms with van der Waals surface area (Å²) in [6.07, 6.45) is 1.58. The first kappa shape index (κ1) is 18.5. The van der Waals surface area contributed by atoms with Crippen LogP contribution in [-0.2, 0) is 16.1 Å². The monoisotopic (exact) mass is 331 g/mol. The molecule has 0 unspecified atom stereocenters. The summed E-state index contributed by atoms with van der Waals surface area (Å²) < 4.78 is 0. The van der Waals surface area contributed by atoms with Crippen molar-refractivity contribution in [2.45, 2.75) is 33.2 Å². The maximum Gasteiger partial charge on any atom is 0.234 e. The molecule has 0 atom stereocenters. The van der Waals surface area contributed by atoms with Crippen molar-refractivity contribution in [3.63, 3.8) is 0 Å². The van der Waals surface area contributed by atoms with Gasteiger partial charge in [0.15, 0.2) is 0 Å². The molecule has 1 fully saturated rings. The van der Waals surface area contributed by atoms with Crippen molar-refractivity contribution in [1.29, 1.82) is 0 Å². The highest BCUT2D eigenvalue weighted by atomic mass is 16.2. The summed E-state index contributed by atoms with van der Waals surface area (Å²) >= 11 is 0. The minimum Gasteiger partial charge on any atom is -0.351 e. The van der Waals surface area contributed by atoms with Crippen molar-refractivity contribution in [2.75, 3.05) is 32.7 Å². The van der Waals surface area contributed by atoms with Crippen molar-refractivity contribution < 1.29 is 9.59 Å². The molecule has 0 aromatic heterocycles. The Bertz CT molecular complexity index is 523. The second-order valence-corrected chi connectivity index (χ2v) is 6.85. The Morgan fingerprint density at radius 3 is 2.38 bits per heavy atom. The first-order valence-corrected chi connectivity index (χ1v) is 8.85. The van der Waals surface area contributed by atoms with E-state index in [4.69, 9.17) is 0 Å². The third-order valence-corrected chi connectivity index (χ3v) is 4.36. The van der Waals surface area contributed by atoms with Gasteiger partial charge in [-0.15, -0.1) is 0 Å². The highest BCUT2D eigenvalue weighted by molar-refractivity contribution is 5.78. The lowest BCUT2D eigenvalue weighted by Crippen LogP contribution is -2.51. The number of nitrogens with one attached hydrogen (secondary N) is 1. The Morgan fingerprint density at radius 1 is 1.08 bits per heavy atom. The summed E-state index contributed by atoms with van der Waals surface area (Å²) in [5.74, 6) is 0.846. The van der Waals surface area contributed by atoms with Gasteiger partial charge >= 0.3 is 0 Å². The van der Waals surface area contributed by atoms with Gasteiger partial charge in [-0.3, -0.25) is 14.5 Å². The van der Waals surface area contributed by atoms with Crippen LogP contribution in [0.25, 0.3) is 0 Å². The van der Waals surface area contributed by atoms with E-state index in [1.54, 1.807) is 0 Å². The minimum atomic E-state index is 0.0402. The molecule has 0 bridgehead atoms. The van der Waals surface area contributed by atoms with E-state index >= 15 is 0 Å². The normalized spacial score (nSPS) is 15.5. The van der Waals surface area contributed by atoms with Crippen LogP contribution in [0.15, 0.2) is 30.3 Å². The lowest BCUT2D eigenvalue weighted by atomic mass is 10.1. The van der Waals surface area contributed by atoms with Crippen LogP contribution in [0.2, 0.25) is 0 Å². The summed E-state index contributed by atoms with van der Waals surface area (Å²) in [7, 11) is 0. The molecule has 0 radical (unpaired) electrons. The van der Waals surface area contributed by atoms with Crippen molar-refractivity contribution >= 4 is 11.8 Å². The van der Waals surface area contributed by atoms with Crippen molar-refractivity contribution in [1.82, 2.24) is 15.1 Å². The van der Waals surface area contributed by atoms with Gasteiger partial charge in [-0.1, -0.05) is 44.2 Å². The average Bonchev–Trinajstić information content (AvgIpc) is 2.59. The van der Waals surface area contributed by atoms with Crippen LogP contribution in [0.4, 0.5) is 0 Å². The average molecular weight is 331 g/mol. The Morgan fingerprint density at radius 2 is 1.75 bits per heavy atom. The highest BCUT2D eigenvalue weighted by Gasteiger charge is 2.22. The summed E-state index contributed by atoms with van der Waals surface area (Å²) in [6.45, 7) is 8.23. The maximum atomic E-state index is 12.1. The number of carbonyl (C=O) groups is 2. The predicted octanol–water partition coefficient (Wildman–Crippen LogP) is 1.88. The molecule has 1 aliphatic heterocycles. The smallest absolute Gasteiger partial charge is 0.234 e. The van der Waals surface area contributed by atoms with E-state index in [0.29, 0.717) is 25.4 Å². The van der Waals surface area contributed by atoms with E-state index in [1.165, 1.54) is 0 Å². The second-order valence-electron chi connectivity index (χ2n) is 6.85. The van der Waals surface area contributed by atoms with E-state index in [0.717, 1.165) is 38.2 Å². The third kappa shape index (κ3) is 6.32. The zero-order chi connectivity index (χ0) is 17.4. The number of carbonyl (C=O) groups excluding carboxylic acids is 2. The zero-order valence-electron chi connectivity index (χ0n) is 14.8. The first-order valence-electron chi connectivity index (χ1n) is 8.85. The SMILES string of the molecule is CC(C)CCC(=O)N1CCN(CC(=O)NCc2ccccc2)CC1. The van der Waals surface area contributed by atoms with Gasteiger partial charge in [-0.2, -0.15) is 0 Å². The van der Waals surface area contributed by atoms with Crippen LogP contribution in [0, 0.1) is 5.92 Å². The fourth-order valence-corrected chi connectivity index (χ4v) is 2.78. The van der Waals surface area contributed by atoms with E-state index < -0.39 is 0 Å². The van der Waals surface area contributed by atoms with Crippen LogP contribution in [0.1, 0.15) is 32.3 Å². The van der Waals surface area contributed by atoms with Gasteiger partial charge < -0.3 is 10.2 Å². The molecule has 5 heteroatoms. The molecular formula is C19H29N3O2. The summed E-state index contributed by atoms with van der Waals surface area (Å²) in [4.78, 5) is 28.2. The van der Waals surface area contributed by atoms with Gasteiger partial charge in [0.05, 0.1) is 6.54 Å². The van der Waals surface area contributed by atoms with Crippen LogP contribution < -0.4 is 5.32 Å². The van der Waals surface area contributed by atoms with Crippen LogP contribution in [0.3, 0.4) is 0 Å². The minimum absolute atomic E-state index is 0.0402. The van der Waals surface area contributed by atoms with Crippen LogP contribution >= 0.6 is 0 Å². The van der Waals surface area contributed by atoms with Gasteiger partial charge in [0.2, 0.25) is 11.8 Å². The number of benzene rings is 1. The van der Waals surface area contributed by atoms with E-state index in [9.17, 15) is 9.59 Å². The summed E-state index contributed by atoms with van der Waals surface area (Å²) in [5, 5.41) is 2.95. The molecule has 1 saturated heterocycles. The van der Waals surface area contributed by atoms with E-state index in [2.05, 4.69) is 24.1 Å². The van der Waals surface area contributed by atoms with Crippen LogP contribution in [-0.4, -0.2) is 54.3 Å². The predicted molar refractivity (Wildman–Crippen MR) is 95.4 cm³/mol. The molecule has 1 heterocycles. The molecule has 5 nitrogen and oxygen atoms in total. The van der Waals surface area contributed by atoms with E-state index in [1.807, 2.05) is 35.2 Å². The number of piperazine rings is 1. The molecular weight excluding hydrogens is 302 g/mol. The standard InChI is InChI=1S/C19H29N3O2/c1-16(2)8-9-19(24)22-12-10-21(11-13-22)15-18(23)20-14-17-6-4-3-5-7-17/h3-7,16H,8-15H2,1-2H3,(H,20,23). The largest absolute Gasteiger partial charge is 0.351 e. The number of rotatable bonds is 7. The molecule has 0 aliphatic carbocycles. The summed E-state index contributed by atoms with van der Waals surface area (Å²) in [5.41, 5.74) is 1.10. The van der Waals surface area contributed by atoms with Gasteiger partial charge in [-0.25, -0.2) is 0 Å². The van der Waals surface area contributed by atoms with Gasteiger partial charge in [-0.05, 0) is 17.9 Å². The van der Waals surface area contributed by atoms with Crippen molar-refractivity contribution in [3.05, 3.63) is 35.9 Å². The summed E-state index contributed by atoms with van der Waals surface area (Å²) in [6, 6.07) is 9.91. The van der Waals surface area contributed by atoms with Gasteiger partial charge in [0, 0.05) is 39.1 Å². The number of amides is 2. The molecule has 2 rings (SSSR count). The van der Waals surface area contributed by atoms with Gasteiger partial charge in [0.25, 0.3) is 0 Å². The molecule has 132 valence electrons. The fraction of sp³-hybridized carbons (Fsp3) is 0.579. The Kier molecular flexibility index (Phi) is 7.25. The molecule has 24 heavy (non-hydrogen) atoms. The lowest BCUT2D eigenvalue weighted by molar-refractivity contribution is -0.133. The van der Waals surface area contributed by atoms with Crippen LogP contribution in [0.5, 0.6) is 0 Å². The van der Waals surface area contributed by atoms with Gasteiger partial charge in [0.1, 0.15) is 0 Å². The second kappa shape index (κ2) is 9.42. The first-order chi connectivity index (χ1) is 11.5. The maximum absolute atomic E-state index is 12.1. The number of hydrogen-bond acceptors (Lipinski definition) is 3. The Balaban J connectivity index is 1.65. The Hall–Kier alpha value is -1.88. The lowest BCUT2D eigenvalue weighted by Gasteiger charge is -2.34. The highest BCUT2D eigenvalue weighted by Crippen LogP contribution is 2.09. The van der Waals surface area contributed by atoms with E-state index in [-0.39, 0.29) is 11.8 Å². The van der Waals surface area contributed by atoms with Crippen molar-refractivity contribution in [2.24, 2.45) is 5.92 Å². The number of hydrogen-bond donors (Lipinski definition) is 1. The molecule has 0 saturated carbocycles.